The summed E-state index contributed by atoms with van der Waals surface area (Å²) in [5.41, 5.74) is -0.204. The van der Waals surface area contributed by atoms with E-state index in [2.05, 4.69) is 0 Å². The van der Waals surface area contributed by atoms with E-state index in [1.807, 2.05) is 20.8 Å². The lowest BCUT2D eigenvalue weighted by atomic mass is 9.82. The summed E-state index contributed by atoms with van der Waals surface area (Å²) < 4.78 is 43.2. The lowest BCUT2D eigenvalue weighted by Crippen LogP contribution is -2.25. The minimum atomic E-state index is -4.35. The van der Waals surface area contributed by atoms with Crippen molar-refractivity contribution in [2.45, 2.75) is 45.3 Å². The summed E-state index contributed by atoms with van der Waals surface area (Å²) in [7, 11) is 0. The van der Waals surface area contributed by atoms with Gasteiger partial charge in [0.15, 0.2) is 0 Å². The van der Waals surface area contributed by atoms with Crippen molar-refractivity contribution in [1.29, 1.82) is 0 Å². The molecule has 1 aliphatic heterocycles. The Hall–Kier alpha value is -1.07. The number of aliphatic hydroxyl groups excluding tert-OH is 1. The molecule has 2 rings (SSSR count). The summed E-state index contributed by atoms with van der Waals surface area (Å²) in [6.45, 7) is 5.82. The molecule has 5 heteroatoms. The maximum Gasteiger partial charge on any atom is 0.416 e. The van der Waals surface area contributed by atoms with Gasteiger partial charge in [0.1, 0.15) is 0 Å². The molecule has 0 spiro atoms. The van der Waals surface area contributed by atoms with E-state index in [4.69, 9.17) is 4.74 Å². The van der Waals surface area contributed by atoms with Crippen LogP contribution in [0.2, 0.25) is 0 Å². The molecule has 0 amide bonds. The largest absolute Gasteiger partial charge is 0.416 e. The third-order valence-corrected chi connectivity index (χ3v) is 4.26. The molecule has 0 aromatic heterocycles. The Morgan fingerprint density at radius 3 is 2.00 bits per heavy atom. The van der Waals surface area contributed by atoms with E-state index >= 15 is 0 Å². The fourth-order valence-corrected chi connectivity index (χ4v) is 2.93. The molecule has 1 aromatic rings. The van der Waals surface area contributed by atoms with Crippen molar-refractivity contribution in [3.63, 3.8) is 0 Å². The van der Waals surface area contributed by atoms with Crippen molar-refractivity contribution in [2.24, 2.45) is 11.8 Å². The fraction of sp³-hybridized carbons (Fsp3) is 0.600. The molecule has 5 unspecified atom stereocenters. The smallest absolute Gasteiger partial charge is 0.388 e. The highest BCUT2D eigenvalue weighted by Gasteiger charge is 2.41. The van der Waals surface area contributed by atoms with Crippen molar-refractivity contribution >= 4 is 0 Å². The van der Waals surface area contributed by atoms with Gasteiger partial charge in [0, 0.05) is 5.92 Å². The molecule has 0 bridgehead atoms. The van der Waals surface area contributed by atoms with Crippen LogP contribution in [-0.4, -0.2) is 17.3 Å². The Kier molecular flexibility index (Phi) is 4.12. The molecule has 1 heterocycles. The zero-order chi connectivity index (χ0) is 15.1. The van der Waals surface area contributed by atoms with Gasteiger partial charge in [-0.25, -0.2) is 0 Å². The molecule has 1 aliphatic rings. The predicted octanol–water partition coefficient (Wildman–Crippen LogP) is 3.80. The highest BCUT2D eigenvalue weighted by Crippen LogP contribution is 2.41. The summed E-state index contributed by atoms with van der Waals surface area (Å²) in [4.78, 5) is 0. The van der Waals surface area contributed by atoms with Gasteiger partial charge in [-0.15, -0.1) is 0 Å². The summed E-state index contributed by atoms with van der Waals surface area (Å²) in [5.74, 6) is 0.0454. The van der Waals surface area contributed by atoms with Gasteiger partial charge >= 0.3 is 6.18 Å². The van der Waals surface area contributed by atoms with E-state index in [0.717, 1.165) is 12.1 Å². The molecule has 1 saturated heterocycles. The molecule has 0 aliphatic carbocycles. The number of benzene rings is 1. The minimum Gasteiger partial charge on any atom is -0.388 e. The number of ether oxygens (including phenoxy) is 1. The molecular weight excluding hydrogens is 269 g/mol. The third-order valence-electron chi connectivity index (χ3n) is 4.26. The SMILES string of the molecule is CC1OC(C)C(C(O)c2ccc(C(F)(F)F)cc2)C1C. The maximum atomic E-state index is 12.5. The van der Waals surface area contributed by atoms with E-state index < -0.39 is 17.8 Å². The second-order valence-electron chi connectivity index (χ2n) is 5.55. The van der Waals surface area contributed by atoms with E-state index in [-0.39, 0.29) is 24.0 Å². The van der Waals surface area contributed by atoms with Gasteiger partial charge in [0.2, 0.25) is 0 Å². The number of hydrogen-bond acceptors (Lipinski definition) is 2. The molecule has 1 N–H and O–H groups in total. The van der Waals surface area contributed by atoms with Crippen LogP contribution in [0.5, 0.6) is 0 Å². The van der Waals surface area contributed by atoms with Gasteiger partial charge in [0.05, 0.1) is 23.9 Å². The zero-order valence-corrected chi connectivity index (χ0v) is 11.7. The van der Waals surface area contributed by atoms with E-state index in [0.29, 0.717) is 5.56 Å². The van der Waals surface area contributed by atoms with Crippen molar-refractivity contribution in [3.05, 3.63) is 35.4 Å². The third kappa shape index (κ3) is 2.83. The van der Waals surface area contributed by atoms with Crippen LogP contribution in [0, 0.1) is 11.8 Å². The number of aliphatic hydroxyl groups is 1. The van der Waals surface area contributed by atoms with E-state index in [1.165, 1.54) is 12.1 Å². The molecule has 1 fully saturated rings. The molecule has 0 saturated carbocycles. The van der Waals surface area contributed by atoms with Gasteiger partial charge in [-0.1, -0.05) is 19.1 Å². The Balaban J connectivity index is 2.19. The van der Waals surface area contributed by atoms with Crippen LogP contribution < -0.4 is 0 Å². The second kappa shape index (κ2) is 5.37. The monoisotopic (exact) mass is 288 g/mol. The van der Waals surface area contributed by atoms with Crippen molar-refractivity contribution in [2.75, 3.05) is 0 Å². The van der Waals surface area contributed by atoms with Gasteiger partial charge in [-0.05, 0) is 37.5 Å². The number of halogens is 3. The van der Waals surface area contributed by atoms with Crippen LogP contribution in [0.15, 0.2) is 24.3 Å². The normalized spacial score (nSPS) is 32.4. The highest BCUT2D eigenvalue weighted by molar-refractivity contribution is 5.26. The van der Waals surface area contributed by atoms with Crippen molar-refractivity contribution in [1.82, 2.24) is 0 Å². The Morgan fingerprint density at radius 2 is 1.60 bits per heavy atom. The van der Waals surface area contributed by atoms with Crippen LogP contribution in [-0.2, 0) is 10.9 Å². The summed E-state index contributed by atoms with van der Waals surface area (Å²) >= 11 is 0. The first-order chi connectivity index (χ1) is 9.21. The van der Waals surface area contributed by atoms with Crippen LogP contribution >= 0.6 is 0 Å². The van der Waals surface area contributed by atoms with Crippen LogP contribution in [0.1, 0.15) is 38.0 Å². The second-order valence-corrected chi connectivity index (χ2v) is 5.55. The standard InChI is InChI=1S/C15H19F3O2/c1-8-9(2)20-10(3)13(8)14(19)11-4-6-12(7-5-11)15(16,17)18/h4-10,13-14,19H,1-3H3. The number of hydrogen-bond donors (Lipinski definition) is 1. The highest BCUT2D eigenvalue weighted by atomic mass is 19.4. The Labute approximate surface area is 116 Å². The molecule has 1 aromatic carbocycles. The summed E-state index contributed by atoms with van der Waals surface area (Å²) in [6.07, 6.45) is -5.24. The van der Waals surface area contributed by atoms with Gasteiger partial charge < -0.3 is 9.84 Å². The Morgan fingerprint density at radius 1 is 1.05 bits per heavy atom. The first-order valence-corrected chi connectivity index (χ1v) is 6.72. The molecule has 0 radical (unpaired) electrons. The maximum absolute atomic E-state index is 12.5. The Bertz CT molecular complexity index is 455. The minimum absolute atomic E-state index is 0.0408. The summed E-state index contributed by atoms with van der Waals surface area (Å²) in [5, 5.41) is 10.4. The topological polar surface area (TPSA) is 29.5 Å². The average molecular weight is 288 g/mol. The fourth-order valence-electron chi connectivity index (χ4n) is 2.93. The first kappa shape index (κ1) is 15.3. The number of alkyl halides is 3. The zero-order valence-electron chi connectivity index (χ0n) is 11.7. The van der Waals surface area contributed by atoms with Gasteiger partial charge in [0.25, 0.3) is 0 Å². The van der Waals surface area contributed by atoms with Crippen molar-refractivity contribution < 1.29 is 23.0 Å². The molecule has 2 nitrogen and oxygen atoms in total. The average Bonchev–Trinajstić information content (AvgIpc) is 2.62. The van der Waals surface area contributed by atoms with Crippen LogP contribution in [0.3, 0.4) is 0 Å². The predicted molar refractivity (Wildman–Crippen MR) is 69.1 cm³/mol. The van der Waals surface area contributed by atoms with Crippen LogP contribution in [0.4, 0.5) is 13.2 Å². The first-order valence-electron chi connectivity index (χ1n) is 6.72. The van der Waals surface area contributed by atoms with E-state index in [1.54, 1.807) is 0 Å². The number of rotatable bonds is 2. The van der Waals surface area contributed by atoms with Gasteiger partial charge in [-0.2, -0.15) is 13.2 Å². The molecular formula is C15H19F3O2. The quantitative estimate of drug-likeness (QED) is 0.897. The van der Waals surface area contributed by atoms with E-state index in [9.17, 15) is 18.3 Å². The molecule has 5 atom stereocenters. The molecule has 112 valence electrons. The van der Waals surface area contributed by atoms with Crippen LogP contribution in [0.25, 0.3) is 0 Å². The lowest BCUT2D eigenvalue weighted by molar-refractivity contribution is -0.137. The van der Waals surface area contributed by atoms with Crippen molar-refractivity contribution in [3.8, 4) is 0 Å². The lowest BCUT2D eigenvalue weighted by Gasteiger charge is -2.25. The summed E-state index contributed by atoms with van der Waals surface area (Å²) in [6, 6.07) is 4.70. The molecule has 20 heavy (non-hydrogen) atoms. The van der Waals surface area contributed by atoms with Gasteiger partial charge in [-0.3, -0.25) is 0 Å².